The van der Waals surface area contributed by atoms with Gasteiger partial charge in [-0.3, -0.25) is 4.98 Å². The van der Waals surface area contributed by atoms with Crippen LogP contribution in [-0.2, 0) is 0 Å². The van der Waals surface area contributed by atoms with E-state index < -0.39 is 0 Å². The fraction of sp³-hybridized carbons (Fsp3) is 0.143. The Morgan fingerprint density at radius 3 is 2.73 bits per heavy atom. The minimum Gasteiger partial charge on any atom is -0.411 e. The average Bonchev–Trinajstić information content (AvgIpc) is 2.11. The van der Waals surface area contributed by atoms with Gasteiger partial charge in [-0.1, -0.05) is 11.2 Å². The largest absolute Gasteiger partial charge is 0.411 e. The van der Waals surface area contributed by atoms with Crippen LogP contribution in [0.3, 0.4) is 0 Å². The maximum atomic E-state index is 8.05. The van der Waals surface area contributed by atoms with Crippen LogP contribution in [-0.4, -0.2) is 22.8 Å². The van der Waals surface area contributed by atoms with E-state index in [0.29, 0.717) is 5.69 Å². The molecule has 3 nitrogen and oxygen atoms in total. The van der Waals surface area contributed by atoms with Crippen LogP contribution >= 0.6 is 11.6 Å². The predicted molar refractivity (Wildman–Crippen MR) is 45.4 cm³/mol. The first-order chi connectivity index (χ1) is 5.43. The molecule has 11 heavy (non-hydrogen) atoms. The van der Waals surface area contributed by atoms with E-state index in [1.54, 1.807) is 18.3 Å². The molecule has 60 valence electrons. The molecule has 0 fully saturated rings. The van der Waals surface area contributed by atoms with Crippen molar-refractivity contribution in [1.29, 1.82) is 0 Å². The number of aromatic nitrogens is 1. The quantitative estimate of drug-likeness (QED) is 0.304. The fourth-order valence-electron chi connectivity index (χ4n) is 0.511. The molecule has 4 heteroatoms. The van der Waals surface area contributed by atoms with Crippen molar-refractivity contribution >= 4 is 17.8 Å². The maximum absolute atomic E-state index is 8.05. The first-order valence-corrected chi connectivity index (χ1v) is 3.65. The summed E-state index contributed by atoms with van der Waals surface area (Å²) < 4.78 is 0. The van der Waals surface area contributed by atoms with Gasteiger partial charge in [-0.25, -0.2) is 0 Å². The zero-order valence-corrected chi connectivity index (χ0v) is 6.86. The van der Waals surface area contributed by atoms with Gasteiger partial charge >= 0.3 is 0 Å². The minimum absolute atomic E-state index is 0.653. The SMILES string of the molecule is CCl.O/N=C\c1ccccn1. The smallest absolute Gasteiger partial charge is 0.0918 e. The summed E-state index contributed by atoms with van der Waals surface area (Å²) in [7, 11) is 0. The first kappa shape index (κ1) is 9.91. The van der Waals surface area contributed by atoms with Crippen molar-refractivity contribution in [3.63, 3.8) is 0 Å². The van der Waals surface area contributed by atoms with Crippen LogP contribution in [0.25, 0.3) is 0 Å². The van der Waals surface area contributed by atoms with E-state index in [2.05, 4.69) is 21.7 Å². The molecule has 0 aromatic carbocycles. The molecule has 0 aliphatic heterocycles. The second-order valence-electron chi connectivity index (χ2n) is 1.50. The van der Waals surface area contributed by atoms with E-state index in [1.165, 1.54) is 12.6 Å². The average molecular weight is 173 g/mol. The van der Waals surface area contributed by atoms with Gasteiger partial charge in [0.15, 0.2) is 0 Å². The standard InChI is InChI=1S/C6H6N2O.CH3Cl/c9-8-5-6-3-1-2-4-7-6;1-2/h1-5,9H;1H3/b8-5-;. The van der Waals surface area contributed by atoms with Gasteiger partial charge in [0.25, 0.3) is 0 Å². The lowest BCUT2D eigenvalue weighted by molar-refractivity contribution is 0.321. The Labute approximate surface area is 70.3 Å². The Balaban J connectivity index is 0.000000461. The lowest BCUT2D eigenvalue weighted by Crippen LogP contribution is -1.83. The van der Waals surface area contributed by atoms with Crippen molar-refractivity contribution in [2.45, 2.75) is 0 Å². The lowest BCUT2D eigenvalue weighted by atomic mass is 10.4. The third-order valence-corrected chi connectivity index (χ3v) is 0.878. The number of alkyl halides is 1. The summed E-state index contributed by atoms with van der Waals surface area (Å²) in [5.74, 6) is 0. The predicted octanol–water partition coefficient (Wildman–Crippen LogP) is 1.74. The molecule has 1 aromatic rings. The molecule has 1 aromatic heterocycles. The second kappa shape index (κ2) is 7.02. The summed E-state index contributed by atoms with van der Waals surface area (Å²) in [4.78, 5) is 3.86. The molecule has 1 rings (SSSR count). The maximum Gasteiger partial charge on any atom is 0.0918 e. The van der Waals surface area contributed by atoms with Gasteiger partial charge in [-0.2, -0.15) is 0 Å². The number of nitrogens with zero attached hydrogens (tertiary/aromatic N) is 2. The molecule has 0 atom stereocenters. The molecule has 0 spiro atoms. The van der Waals surface area contributed by atoms with Gasteiger partial charge in [0, 0.05) is 12.6 Å². The van der Waals surface area contributed by atoms with Crippen LogP contribution in [0.5, 0.6) is 0 Å². The molecular formula is C7H9ClN2O. The zero-order chi connectivity index (χ0) is 8.53. The summed E-state index contributed by atoms with van der Waals surface area (Å²) >= 11 is 4.64. The number of halogens is 1. The van der Waals surface area contributed by atoms with Crippen molar-refractivity contribution < 1.29 is 5.21 Å². The molecule has 0 amide bonds. The molecule has 0 saturated heterocycles. The summed E-state index contributed by atoms with van der Waals surface area (Å²) in [6.45, 7) is 0. The van der Waals surface area contributed by atoms with Crippen molar-refractivity contribution in [2.75, 3.05) is 6.38 Å². The Morgan fingerprint density at radius 2 is 2.27 bits per heavy atom. The molecule has 0 saturated carbocycles. The third-order valence-electron chi connectivity index (χ3n) is 0.878. The van der Waals surface area contributed by atoms with Crippen molar-refractivity contribution in [1.82, 2.24) is 4.98 Å². The van der Waals surface area contributed by atoms with Gasteiger partial charge in [0.05, 0.1) is 11.9 Å². The van der Waals surface area contributed by atoms with Crippen LogP contribution in [0.4, 0.5) is 0 Å². The third kappa shape index (κ3) is 4.33. The van der Waals surface area contributed by atoms with Crippen LogP contribution in [0.15, 0.2) is 29.6 Å². The highest BCUT2D eigenvalue weighted by Crippen LogP contribution is 1.86. The first-order valence-electron chi connectivity index (χ1n) is 2.90. The Hall–Kier alpha value is -1.09. The number of rotatable bonds is 1. The topological polar surface area (TPSA) is 45.5 Å². The molecule has 0 unspecified atom stereocenters. The van der Waals surface area contributed by atoms with E-state index in [1.807, 2.05) is 6.07 Å². The Morgan fingerprint density at radius 1 is 1.55 bits per heavy atom. The van der Waals surface area contributed by atoms with Gasteiger partial charge < -0.3 is 5.21 Å². The van der Waals surface area contributed by atoms with Crippen molar-refractivity contribution in [3.8, 4) is 0 Å². The molecule has 0 bridgehead atoms. The number of pyridine rings is 1. The molecule has 1 N–H and O–H groups in total. The summed E-state index contributed by atoms with van der Waals surface area (Å²) in [5.41, 5.74) is 0.653. The van der Waals surface area contributed by atoms with Gasteiger partial charge in [-0.15, -0.1) is 11.6 Å². The van der Waals surface area contributed by atoms with Gasteiger partial charge in [0.2, 0.25) is 0 Å². The summed E-state index contributed by atoms with van der Waals surface area (Å²) in [5, 5.41) is 10.9. The van der Waals surface area contributed by atoms with Crippen molar-refractivity contribution in [2.24, 2.45) is 5.16 Å². The summed E-state index contributed by atoms with van der Waals surface area (Å²) in [6.07, 6.45) is 4.39. The molecule has 0 radical (unpaired) electrons. The van der Waals surface area contributed by atoms with E-state index in [4.69, 9.17) is 5.21 Å². The lowest BCUT2D eigenvalue weighted by Gasteiger charge is -1.84. The van der Waals surface area contributed by atoms with Crippen LogP contribution < -0.4 is 0 Å². The molecule has 0 aliphatic rings. The van der Waals surface area contributed by atoms with E-state index in [-0.39, 0.29) is 0 Å². The number of hydrogen-bond donors (Lipinski definition) is 1. The monoisotopic (exact) mass is 172 g/mol. The highest BCUT2D eigenvalue weighted by molar-refractivity contribution is 6.15. The van der Waals surface area contributed by atoms with E-state index in [9.17, 15) is 0 Å². The fourth-order valence-corrected chi connectivity index (χ4v) is 0.511. The Bertz CT molecular complexity index is 201. The normalized spacial score (nSPS) is 8.91. The number of hydrogen-bond acceptors (Lipinski definition) is 3. The van der Waals surface area contributed by atoms with Crippen LogP contribution in [0.1, 0.15) is 5.69 Å². The van der Waals surface area contributed by atoms with Gasteiger partial charge in [0.1, 0.15) is 0 Å². The van der Waals surface area contributed by atoms with Gasteiger partial charge in [-0.05, 0) is 12.1 Å². The van der Waals surface area contributed by atoms with Crippen LogP contribution in [0.2, 0.25) is 0 Å². The number of oxime groups is 1. The molecular weight excluding hydrogens is 164 g/mol. The minimum atomic E-state index is 0.653. The van der Waals surface area contributed by atoms with Crippen molar-refractivity contribution in [3.05, 3.63) is 30.1 Å². The Kier molecular flexibility index (Phi) is 6.33. The zero-order valence-electron chi connectivity index (χ0n) is 6.11. The van der Waals surface area contributed by atoms with Crippen LogP contribution in [0, 0.1) is 0 Å². The highest BCUT2D eigenvalue weighted by atomic mass is 35.5. The highest BCUT2D eigenvalue weighted by Gasteiger charge is 1.81. The van der Waals surface area contributed by atoms with E-state index in [0.717, 1.165) is 0 Å². The molecule has 1 heterocycles. The van der Waals surface area contributed by atoms with E-state index >= 15 is 0 Å². The molecule has 0 aliphatic carbocycles. The second-order valence-corrected chi connectivity index (χ2v) is 1.50. The summed E-state index contributed by atoms with van der Waals surface area (Å²) in [6, 6.07) is 5.37.